The van der Waals surface area contributed by atoms with E-state index in [9.17, 15) is 9.18 Å². The molecule has 4 aromatic rings. The molecule has 2 bridgehead atoms. The number of benzene rings is 1. The monoisotopic (exact) mass is 671 g/mol. The first-order valence-electron chi connectivity index (χ1n) is 17.5. The third-order valence-corrected chi connectivity index (χ3v) is 10.8. The molecule has 8 rings (SSSR count). The number of nitrogens with zero attached hydrogens (tertiary/aromatic N) is 7. The van der Waals surface area contributed by atoms with Crippen LogP contribution in [0.1, 0.15) is 65.4 Å². The second-order valence-electron chi connectivity index (χ2n) is 15.1. The van der Waals surface area contributed by atoms with Gasteiger partial charge in [-0.2, -0.15) is 9.97 Å². The molecule has 10 nitrogen and oxygen atoms in total. The normalized spacial score (nSPS) is 25.4. The lowest BCUT2D eigenvalue weighted by molar-refractivity contribution is 0.0122. The number of hydrogen-bond donors (Lipinski definition) is 0. The fourth-order valence-electron chi connectivity index (χ4n) is 8.64. The number of fused-ring (bicyclic) bond motifs is 5. The molecule has 0 aliphatic carbocycles. The van der Waals surface area contributed by atoms with Gasteiger partial charge in [0.15, 0.2) is 5.82 Å². The minimum atomic E-state index is -0.901. The molecule has 1 amide bonds. The first kappa shape index (κ1) is 32.0. The number of aromatic nitrogens is 4. The molecule has 7 heterocycles. The quantitative estimate of drug-likeness (QED) is 0.228. The summed E-state index contributed by atoms with van der Waals surface area (Å²) in [5, 5.41) is 2.29. The first-order chi connectivity index (χ1) is 23.5. The van der Waals surface area contributed by atoms with E-state index in [-0.39, 0.29) is 42.0 Å². The van der Waals surface area contributed by atoms with Crippen LogP contribution in [-0.2, 0) is 11.2 Å². The van der Waals surface area contributed by atoms with Crippen LogP contribution in [-0.4, -0.2) is 98.0 Å². The summed E-state index contributed by atoms with van der Waals surface area (Å²) < 4.78 is 43.6. The Kier molecular flexibility index (Phi) is 7.84. The van der Waals surface area contributed by atoms with Crippen molar-refractivity contribution in [3.05, 3.63) is 48.2 Å². The third-order valence-electron chi connectivity index (χ3n) is 10.8. The van der Waals surface area contributed by atoms with Crippen LogP contribution >= 0.6 is 0 Å². The zero-order valence-corrected chi connectivity index (χ0v) is 28.6. The summed E-state index contributed by atoms with van der Waals surface area (Å²) in [5.41, 5.74) is 0.925. The van der Waals surface area contributed by atoms with Gasteiger partial charge < -0.3 is 14.4 Å². The fourth-order valence-corrected chi connectivity index (χ4v) is 8.64. The topological polar surface area (TPSA) is 96.8 Å². The highest BCUT2D eigenvalue weighted by atomic mass is 19.1. The van der Waals surface area contributed by atoms with Crippen molar-refractivity contribution in [3.63, 3.8) is 0 Å². The Balaban J connectivity index is 1.20. The number of carbonyl (C=O) groups is 1. The van der Waals surface area contributed by atoms with E-state index in [1.807, 2.05) is 43.9 Å². The van der Waals surface area contributed by atoms with Crippen molar-refractivity contribution in [3.8, 4) is 17.3 Å². The zero-order chi connectivity index (χ0) is 34.1. The molecular weight excluding hydrogens is 628 g/mol. The lowest BCUT2D eigenvalue weighted by atomic mass is 9.95. The van der Waals surface area contributed by atoms with E-state index >= 15 is 4.39 Å². The number of aryl methyl sites for hydroxylation is 1. The van der Waals surface area contributed by atoms with Crippen LogP contribution in [0.2, 0.25) is 0 Å². The number of piperazine rings is 1. The van der Waals surface area contributed by atoms with Crippen molar-refractivity contribution < 1.29 is 23.0 Å². The molecular formula is C37H43F2N7O3. The number of anilines is 1. The molecule has 0 N–H and O–H groups in total. The molecule has 0 spiro atoms. The van der Waals surface area contributed by atoms with Crippen molar-refractivity contribution in [1.82, 2.24) is 29.7 Å². The largest absolute Gasteiger partial charge is 0.461 e. The average Bonchev–Trinajstić information content (AvgIpc) is 3.69. The third kappa shape index (κ3) is 5.61. The summed E-state index contributed by atoms with van der Waals surface area (Å²) in [7, 11) is 0. The van der Waals surface area contributed by atoms with Gasteiger partial charge in [0, 0.05) is 55.6 Å². The summed E-state index contributed by atoms with van der Waals surface area (Å²) >= 11 is 0. The zero-order valence-electron chi connectivity index (χ0n) is 28.6. The molecule has 0 saturated carbocycles. The van der Waals surface area contributed by atoms with Crippen LogP contribution in [0.4, 0.5) is 19.4 Å². The van der Waals surface area contributed by atoms with E-state index in [1.165, 1.54) is 0 Å². The second kappa shape index (κ2) is 12.0. The van der Waals surface area contributed by atoms with Crippen molar-refractivity contribution in [2.24, 2.45) is 0 Å². The Morgan fingerprint density at radius 3 is 2.63 bits per heavy atom. The summed E-state index contributed by atoms with van der Waals surface area (Å²) in [6, 6.07) is 5.88. The molecule has 4 fully saturated rings. The van der Waals surface area contributed by atoms with Crippen LogP contribution in [0, 0.1) is 5.82 Å². The lowest BCUT2D eigenvalue weighted by Crippen LogP contribution is -2.57. The smallest absolute Gasteiger partial charge is 0.410 e. The number of hydrogen-bond acceptors (Lipinski definition) is 9. The SMILES string of the molecule is CCc1cccc2cncc(-c3ncc4c(N5C[C@H]6CC[C@@H](C5)N6C(=O)OC(C)(C)C)nc(OCC56CCCN5CC(F)C6)nc4c3F)c12. The molecule has 258 valence electrons. The molecule has 4 atom stereocenters. The minimum absolute atomic E-state index is 0.0503. The Labute approximate surface area is 284 Å². The van der Waals surface area contributed by atoms with Crippen LogP contribution in [0.25, 0.3) is 32.9 Å². The molecule has 12 heteroatoms. The number of ether oxygens (including phenoxy) is 2. The number of rotatable bonds is 6. The van der Waals surface area contributed by atoms with E-state index in [0.717, 1.165) is 55.0 Å². The predicted molar refractivity (Wildman–Crippen MR) is 183 cm³/mol. The number of pyridine rings is 2. The Bertz CT molecular complexity index is 1920. The summed E-state index contributed by atoms with van der Waals surface area (Å²) in [6.07, 6.45) is 8.52. The van der Waals surface area contributed by atoms with Gasteiger partial charge in [-0.3, -0.25) is 19.8 Å². The highest BCUT2D eigenvalue weighted by Crippen LogP contribution is 2.42. The van der Waals surface area contributed by atoms with Gasteiger partial charge >= 0.3 is 12.1 Å². The highest BCUT2D eigenvalue weighted by Gasteiger charge is 2.50. The van der Waals surface area contributed by atoms with Crippen LogP contribution < -0.4 is 9.64 Å². The molecule has 1 aromatic carbocycles. The van der Waals surface area contributed by atoms with Crippen molar-refractivity contribution in [2.75, 3.05) is 37.7 Å². The maximum Gasteiger partial charge on any atom is 0.410 e. The maximum absolute atomic E-state index is 17.0. The lowest BCUT2D eigenvalue weighted by Gasteiger charge is -2.42. The van der Waals surface area contributed by atoms with Gasteiger partial charge in [0.25, 0.3) is 0 Å². The number of carbonyl (C=O) groups excluding carboxylic acids is 1. The van der Waals surface area contributed by atoms with Crippen molar-refractivity contribution in [2.45, 2.75) is 95.6 Å². The molecule has 3 aromatic heterocycles. The average molecular weight is 672 g/mol. The second-order valence-corrected chi connectivity index (χ2v) is 15.1. The molecule has 4 aliphatic rings. The van der Waals surface area contributed by atoms with Crippen molar-refractivity contribution in [1.29, 1.82) is 0 Å². The first-order valence-corrected chi connectivity index (χ1v) is 17.5. The van der Waals surface area contributed by atoms with E-state index < -0.39 is 23.1 Å². The molecule has 2 unspecified atom stereocenters. The van der Waals surface area contributed by atoms with Gasteiger partial charge in [-0.15, -0.1) is 0 Å². The van der Waals surface area contributed by atoms with Crippen LogP contribution in [0.5, 0.6) is 6.01 Å². The predicted octanol–water partition coefficient (Wildman–Crippen LogP) is 6.48. The van der Waals surface area contributed by atoms with E-state index in [4.69, 9.17) is 14.5 Å². The van der Waals surface area contributed by atoms with Gasteiger partial charge in [-0.05, 0) is 70.4 Å². The minimum Gasteiger partial charge on any atom is -0.461 e. The van der Waals surface area contributed by atoms with Crippen molar-refractivity contribution >= 4 is 33.6 Å². The number of alkyl halides is 1. The van der Waals surface area contributed by atoms with Gasteiger partial charge in [-0.25, -0.2) is 13.6 Å². The fraction of sp³-hybridized carbons (Fsp3) is 0.541. The Morgan fingerprint density at radius 2 is 1.88 bits per heavy atom. The van der Waals surface area contributed by atoms with E-state index in [1.54, 1.807) is 18.6 Å². The van der Waals surface area contributed by atoms with Crippen LogP contribution in [0.15, 0.2) is 36.8 Å². The molecule has 0 radical (unpaired) electrons. The highest BCUT2D eigenvalue weighted by molar-refractivity contribution is 6.00. The Hall–Kier alpha value is -4.19. The van der Waals surface area contributed by atoms with Gasteiger partial charge in [0.2, 0.25) is 0 Å². The van der Waals surface area contributed by atoms with Gasteiger partial charge in [0.1, 0.15) is 35.4 Å². The van der Waals surface area contributed by atoms with E-state index in [2.05, 4.69) is 31.7 Å². The summed E-state index contributed by atoms with van der Waals surface area (Å²) in [5.74, 6) is -0.0635. The van der Waals surface area contributed by atoms with Crippen LogP contribution in [0.3, 0.4) is 0 Å². The van der Waals surface area contributed by atoms with Gasteiger partial charge in [0.05, 0.1) is 23.0 Å². The summed E-state index contributed by atoms with van der Waals surface area (Å²) in [4.78, 5) is 38.0. The number of halogens is 2. The maximum atomic E-state index is 17.0. The van der Waals surface area contributed by atoms with Gasteiger partial charge in [-0.1, -0.05) is 25.1 Å². The molecule has 49 heavy (non-hydrogen) atoms. The Morgan fingerprint density at radius 1 is 1.08 bits per heavy atom. The molecule has 4 aliphatic heterocycles. The number of amides is 1. The standard InChI is InChI=1S/C37H43F2N7O3/c1-5-22-8-6-9-23-15-40-16-27(29(22)23)31-30(39)32-28(17-41-31)33(43-34(42-32)48-21-37-12-7-13-45(37)18-24(38)14-37)44-19-25-10-11-26(20-44)46(25)35(47)49-36(2,3)4/h6,8-9,15-17,24-26H,5,7,10-14,18-21H2,1-4H3/t24?,25-,26+,37?. The molecule has 4 saturated heterocycles. The van der Waals surface area contributed by atoms with E-state index in [0.29, 0.717) is 42.8 Å². The summed E-state index contributed by atoms with van der Waals surface area (Å²) in [6.45, 7) is 10.1.